The predicted molar refractivity (Wildman–Crippen MR) is 181 cm³/mol. The maximum absolute atomic E-state index is 6.91. The lowest BCUT2D eigenvalue weighted by atomic mass is 9.87. The van der Waals surface area contributed by atoms with Gasteiger partial charge in [-0.1, -0.05) is 73.2 Å². The molecule has 5 nitrogen and oxygen atoms in total. The molecular formula is C40H44N2O3. The Morgan fingerprint density at radius 3 is 2.09 bits per heavy atom. The first-order valence-electron chi connectivity index (χ1n) is 16.2. The van der Waals surface area contributed by atoms with E-state index in [1.165, 1.54) is 33.8 Å². The monoisotopic (exact) mass is 600 g/mol. The molecule has 0 radical (unpaired) electrons. The van der Waals surface area contributed by atoms with Crippen LogP contribution in [0, 0.1) is 12.8 Å². The van der Waals surface area contributed by atoms with Gasteiger partial charge in [-0.3, -0.25) is 0 Å². The second-order valence-electron chi connectivity index (χ2n) is 13.4. The number of nitrogens with zero attached hydrogens (tertiary/aromatic N) is 2. The van der Waals surface area contributed by atoms with Gasteiger partial charge in [0.2, 0.25) is 0 Å². The van der Waals surface area contributed by atoms with Crippen molar-refractivity contribution in [1.82, 2.24) is 4.90 Å². The van der Waals surface area contributed by atoms with Crippen molar-refractivity contribution in [1.29, 1.82) is 0 Å². The first kappa shape index (κ1) is 29.3. The van der Waals surface area contributed by atoms with E-state index in [9.17, 15) is 0 Å². The Kier molecular flexibility index (Phi) is 6.92. The van der Waals surface area contributed by atoms with Crippen molar-refractivity contribution in [2.75, 3.05) is 4.90 Å². The molecule has 0 bridgehead atoms. The number of benzene rings is 3. The highest BCUT2D eigenvalue weighted by molar-refractivity contribution is 5.67. The van der Waals surface area contributed by atoms with Gasteiger partial charge in [0.05, 0.1) is 17.2 Å². The van der Waals surface area contributed by atoms with Crippen LogP contribution in [0.5, 0.6) is 11.5 Å². The summed E-state index contributed by atoms with van der Waals surface area (Å²) in [6, 6.07) is 23.0. The fraction of sp³-hybridized carbons (Fsp3) is 0.350. The number of fused-ring (bicyclic) bond motifs is 4. The highest BCUT2D eigenvalue weighted by Crippen LogP contribution is 2.55. The molecule has 0 aromatic heterocycles. The summed E-state index contributed by atoms with van der Waals surface area (Å²) in [5.41, 5.74) is 9.43. The minimum Gasteiger partial charge on any atom is -0.456 e. The van der Waals surface area contributed by atoms with Crippen molar-refractivity contribution < 1.29 is 14.2 Å². The van der Waals surface area contributed by atoms with Gasteiger partial charge in [0.1, 0.15) is 28.7 Å². The summed E-state index contributed by atoms with van der Waals surface area (Å²) in [5.74, 6) is 2.59. The topological polar surface area (TPSA) is 34.2 Å². The molecular weight excluding hydrogens is 556 g/mol. The van der Waals surface area contributed by atoms with Crippen LogP contribution in [0.15, 0.2) is 113 Å². The lowest BCUT2D eigenvalue weighted by Gasteiger charge is -2.48. The largest absolute Gasteiger partial charge is 0.456 e. The van der Waals surface area contributed by atoms with E-state index in [2.05, 4.69) is 94.7 Å². The van der Waals surface area contributed by atoms with Crippen LogP contribution in [-0.2, 0) is 21.7 Å². The zero-order valence-corrected chi connectivity index (χ0v) is 27.8. The van der Waals surface area contributed by atoms with Crippen LogP contribution in [0.2, 0.25) is 0 Å². The van der Waals surface area contributed by atoms with Crippen molar-refractivity contribution in [3.8, 4) is 11.5 Å². The lowest BCUT2D eigenvalue weighted by Crippen LogP contribution is -2.56. The van der Waals surface area contributed by atoms with Crippen molar-refractivity contribution in [2.24, 2.45) is 5.92 Å². The zero-order valence-electron chi connectivity index (χ0n) is 27.8. The standard InChI is InChI=1S/C40H44N2O3/c1-25-15-13-16-26(2)37(25)41-28(4)29(5)42(39(41,7)8)38-27(3)17-14-18-31(38)23-24-34-30(6)44-40(45-34)32-19-9-11-21-35(32)43-36-22-12-10-20-33(36)40/h9-22,25,37H,23-24H2,1-8H3. The van der Waals surface area contributed by atoms with Crippen LogP contribution in [0.4, 0.5) is 5.69 Å². The van der Waals surface area contributed by atoms with Gasteiger partial charge in [0.25, 0.3) is 0 Å². The molecule has 3 aliphatic heterocycles. The molecule has 0 amide bonds. The summed E-state index contributed by atoms with van der Waals surface area (Å²) in [6.45, 7) is 18.2. The molecule has 1 aliphatic carbocycles. The number of para-hydroxylation sites is 3. The minimum atomic E-state index is -1.05. The third-order valence-corrected chi connectivity index (χ3v) is 10.2. The van der Waals surface area contributed by atoms with E-state index in [1.54, 1.807) is 0 Å². The summed E-state index contributed by atoms with van der Waals surface area (Å²) >= 11 is 0. The molecule has 2 unspecified atom stereocenters. The van der Waals surface area contributed by atoms with E-state index < -0.39 is 5.79 Å². The second kappa shape index (κ2) is 10.6. The molecule has 7 rings (SSSR count). The van der Waals surface area contributed by atoms with Gasteiger partial charge in [0, 0.05) is 23.5 Å². The fourth-order valence-corrected chi connectivity index (χ4v) is 8.09. The van der Waals surface area contributed by atoms with E-state index in [1.807, 2.05) is 55.5 Å². The Balaban J connectivity index is 1.21. The quantitative estimate of drug-likeness (QED) is 0.291. The summed E-state index contributed by atoms with van der Waals surface area (Å²) < 4.78 is 19.9. The first-order chi connectivity index (χ1) is 21.5. The number of hydrogen-bond acceptors (Lipinski definition) is 5. The minimum absolute atomic E-state index is 0.254. The van der Waals surface area contributed by atoms with Gasteiger partial charge in [-0.05, 0) is 96.2 Å². The third-order valence-electron chi connectivity index (χ3n) is 10.2. The molecule has 0 saturated heterocycles. The predicted octanol–water partition coefficient (Wildman–Crippen LogP) is 9.84. The molecule has 1 spiro atoms. The smallest absolute Gasteiger partial charge is 0.312 e. The van der Waals surface area contributed by atoms with Gasteiger partial charge >= 0.3 is 5.79 Å². The SMILES string of the molecule is CC1=CC=CC(C)C1N1C(C)=C(C)N(c2c(C)cccc2CCC2=C(C)OC3(O2)c2ccccc2Oc2ccccc23)C1(C)C. The number of rotatable bonds is 5. The molecule has 5 heteroatoms. The van der Waals surface area contributed by atoms with Crippen LogP contribution in [-0.4, -0.2) is 16.6 Å². The van der Waals surface area contributed by atoms with Crippen LogP contribution in [0.1, 0.15) is 77.1 Å². The fourth-order valence-electron chi connectivity index (χ4n) is 8.09. The lowest BCUT2D eigenvalue weighted by molar-refractivity contribution is -0.132. The second-order valence-corrected chi connectivity index (χ2v) is 13.4. The summed E-state index contributed by atoms with van der Waals surface area (Å²) in [5, 5.41) is 0. The zero-order chi connectivity index (χ0) is 31.7. The van der Waals surface area contributed by atoms with Gasteiger partial charge < -0.3 is 24.0 Å². The van der Waals surface area contributed by atoms with Crippen molar-refractivity contribution >= 4 is 5.69 Å². The number of allylic oxidation sites excluding steroid dienone is 6. The Labute approximate surface area is 268 Å². The Morgan fingerprint density at radius 1 is 0.756 bits per heavy atom. The number of ether oxygens (including phenoxy) is 3. The number of hydrogen-bond donors (Lipinski definition) is 0. The normalized spacial score (nSPS) is 22.6. The molecule has 4 aliphatic rings. The summed E-state index contributed by atoms with van der Waals surface area (Å²) in [4.78, 5) is 5.22. The van der Waals surface area contributed by atoms with E-state index in [0.29, 0.717) is 12.0 Å². The molecule has 45 heavy (non-hydrogen) atoms. The van der Waals surface area contributed by atoms with Gasteiger partial charge in [-0.25, -0.2) is 0 Å². The molecule has 232 valence electrons. The average Bonchev–Trinajstić information content (AvgIpc) is 3.42. The highest BCUT2D eigenvalue weighted by atomic mass is 16.7. The van der Waals surface area contributed by atoms with E-state index in [0.717, 1.165) is 47.0 Å². The number of aryl methyl sites for hydroxylation is 2. The van der Waals surface area contributed by atoms with Crippen LogP contribution in [0.3, 0.4) is 0 Å². The van der Waals surface area contributed by atoms with Gasteiger partial charge in [0.15, 0.2) is 0 Å². The molecule has 0 N–H and O–H groups in total. The van der Waals surface area contributed by atoms with Crippen molar-refractivity contribution in [2.45, 2.75) is 85.7 Å². The van der Waals surface area contributed by atoms with E-state index in [4.69, 9.17) is 14.2 Å². The molecule has 3 aromatic carbocycles. The highest BCUT2D eigenvalue weighted by Gasteiger charge is 2.52. The van der Waals surface area contributed by atoms with E-state index in [-0.39, 0.29) is 5.66 Å². The summed E-state index contributed by atoms with van der Waals surface area (Å²) in [7, 11) is 0. The molecule has 2 atom stereocenters. The Morgan fingerprint density at radius 2 is 1.42 bits per heavy atom. The first-order valence-corrected chi connectivity index (χ1v) is 16.2. The summed E-state index contributed by atoms with van der Waals surface area (Å²) in [6.07, 6.45) is 8.35. The Bertz CT molecular complexity index is 1760. The average molecular weight is 601 g/mol. The molecule has 0 saturated carbocycles. The van der Waals surface area contributed by atoms with Crippen molar-refractivity contribution in [3.63, 3.8) is 0 Å². The molecule has 0 fully saturated rings. The van der Waals surface area contributed by atoms with Gasteiger partial charge in [-0.15, -0.1) is 0 Å². The van der Waals surface area contributed by atoms with Crippen LogP contribution < -0.4 is 9.64 Å². The molecule has 3 aromatic rings. The van der Waals surface area contributed by atoms with Crippen LogP contribution >= 0.6 is 0 Å². The maximum Gasteiger partial charge on any atom is 0.312 e. The van der Waals surface area contributed by atoms with Crippen molar-refractivity contribution in [3.05, 3.63) is 136 Å². The van der Waals surface area contributed by atoms with Crippen LogP contribution in [0.25, 0.3) is 0 Å². The number of anilines is 1. The maximum atomic E-state index is 6.91. The van der Waals surface area contributed by atoms with Gasteiger partial charge in [-0.2, -0.15) is 0 Å². The van der Waals surface area contributed by atoms with E-state index >= 15 is 0 Å². The third kappa shape index (κ3) is 4.42. The Hall–Kier alpha value is -4.38. The molecule has 3 heterocycles.